The highest BCUT2D eigenvalue weighted by atomic mass is 16.2. The van der Waals surface area contributed by atoms with E-state index in [4.69, 9.17) is 0 Å². The van der Waals surface area contributed by atoms with E-state index in [1.165, 1.54) is 0 Å². The molecule has 0 aliphatic carbocycles. The Bertz CT molecular complexity index is 1070. The number of benzene rings is 4. The van der Waals surface area contributed by atoms with Crippen LogP contribution in [0, 0.1) is 0 Å². The summed E-state index contributed by atoms with van der Waals surface area (Å²) in [4.78, 5) is 26.2. The molecular formula is C28H24N2O2. The van der Waals surface area contributed by atoms with E-state index in [9.17, 15) is 9.59 Å². The van der Waals surface area contributed by atoms with Gasteiger partial charge in [0.05, 0.1) is 12.0 Å². The van der Waals surface area contributed by atoms with E-state index in [-0.39, 0.29) is 11.9 Å². The van der Waals surface area contributed by atoms with Crippen LogP contribution in [-0.2, 0) is 4.79 Å². The first-order chi connectivity index (χ1) is 15.7. The number of urea groups is 1. The zero-order valence-electron chi connectivity index (χ0n) is 17.5. The summed E-state index contributed by atoms with van der Waals surface area (Å²) in [5.41, 5.74) is 3.52. The number of hydrogen-bond acceptors (Lipinski definition) is 2. The van der Waals surface area contributed by atoms with Gasteiger partial charge in [-0.25, -0.2) is 4.79 Å². The average Bonchev–Trinajstić information content (AvgIpc) is 2.85. The molecule has 0 aliphatic heterocycles. The topological polar surface area (TPSA) is 58.2 Å². The van der Waals surface area contributed by atoms with Gasteiger partial charge in [0, 0.05) is 0 Å². The Morgan fingerprint density at radius 2 is 0.844 bits per heavy atom. The first-order valence-electron chi connectivity index (χ1n) is 10.5. The molecule has 0 saturated carbocycles. The molecule has 0 aromatic heterocycles. The normalized spacial score (nSPS) is 10.7. The largest absolute Gasteiger partial charge is 0.327 e. The Kier molecular flexibility index (Phi) is 6.73. The number of amides is 3. The maximum atomic E-state index is 13.2. The molecule has 0 fully saturated rings. The van der Waals surface area contributed by atoms with Gasteiger partial charge in [-0.3, -0.25) is 10.1 Å². The lowest BCUT2D eigenvalue weighted by Crippen LogP contribution is -2.43. The lowest BCUT2D eigenvalue weighted by atomic mass is 9.90. The molecule has 0 bridgehead atoms. The summed E-state index contributed by atoms with van der Waals surface area (Å²) in [5.74, 6) is -0.963. The highest BCUT2D eigenvalue weighted by Gasteiger charge is 2.25. The van der Waals surface area contributed by atoms with Crippen LogP contribution in [0.5, 0.6) is 0 Å². The minimum absolute atomic E-state index is 0.375. The molecule has 4 rings (SSSR count). The molecule has 0 aliphatic rings. The molecule has 4 aromatic rings. The molecule has 4 aromatic carbocycles. The van der Waals surface area contributed by atoms with Gasteiger partial charge >= 0.3 is 6.03 Å². The highest BCUT2D eigenvalue weighted by Crippen LogP contribution is 2.25. The predicted molar refractivity (Wildman–Crippen MR) is 126 cm³/mol. The smallest absolute Gasteiger partial charge is 0.322 e. The van der Waals surface area contributed by atoms with E-state index in [0.29, 0.717) is 0 Å². The van der Waals surface area contributed by atoms with Crippen LogP contribution in [0.3, 0.4) is 0 Å². The Morgan fingerprint density at radius 1 is 0.500 bits per heavy atom. The molecular weight excluding hydrogens is 396 g/mol. The van der Waals surface area contributed by atoms with E-state index >= 15 is 0 Å². The molecule has 0 heterocycles. The number of imide groups is 1. The third-order valence-corrected chi connectivity index (χ3v) is 5.31. The van der Waals surface area contributed by atoms with E-state index in [2.05, 4.69) is 10.6 Å². The van der Waals surface area contributed by atoms with Gasteiger partial charge in [0.25, 0.3) is 0 Å². The van der Waals surface area contributed by atoms with Gasteiger partial charge in [-0.15, -0.1) is 0 Å². The van der Waals surface area contributed by atoms with Crippen LogP contribution in [0.4, 0.5) is 4.79 Å². The summed E-state index contributed by atoms with van der Waals surface area (Å²) in [6.07, 6.45) is 0. The Hall–Kier alpha value is -4.18. The fourth-order valence-corrected chi connectivity index (χ4v) is 3.79. The minimum atomic E-state index is -0.588. The Balaban J connectivity index is 1.56. The lowest BCUT2D eigenvalue weighted by Gasteiger charge is -2.22. The first kappa shape index (κ1) is 21.1. The average molecular weight is 421 g/mol. The number of rotatable bonds is 6. The van der Waals surface area contributed by atoms with Crippen molar-refractivity contribution in [1.82, 2.24) is 10.6 Å². The fourth-order valence-electron chi connectivity index (χ4n) is 3.79. The minimum Gasteiger partial charge on any atom is -0.327 e. The Labute approximate surface area is 187 Å². The van der Waals surface area contributed by atoms with Crippen molar-refractivity contribution in [3.05, 3.63) is 144 Å². The van der Waals surface area contributed by atoms with Gasteiger partial charge < -0.3 is 5.32 Å². The fraction of sp³-hybridized carbons (Fsp3) is 0.0714. The molecule has 4 nitrogen and oxygen atoms in total. The maximum Gasteiger partial charge on any atom is 0.322 e. The van der Waals surface area contributed by atoms with Gasteiger partial charge in [-0.1, -0.05) is 121 Å². The molecule has 0 saturated heterocycles. The van der Waals surface area contributed by atoms with Crippen molar-refractivity contribution in [3.63, 3.8) is 0 Å². The molecule has 0 atom stereocenters. The number of nitrogens with one attached hydrogen (secondary N) is 2. The second-order valence-corrected chi connectivity index (χ2v) is 7.47. The van der Waals surface area contributed by atoms with E-state index < -0.39 is 11.9 Å². The standard InChI is InChI=1S/C28H24N2O2/c31-27(25(21-13-5-1-6-14-21)22-15-7-2-8-16-22)30-28(32)29-26(23-17-9-3-10-18-23)24-19-11-4-12-20-24/h1-20,25-26H,(H2,29,30,31,32). The van der Waals surface area contributed by atoms with Crippen molar-refractivity contribution in [2.75, 3.05) is 0 Å². The van der Waals surface area contributed by atoms with Crippen LogP contribution in [0.2, 0.25) is 0 Å². The van der Waals surface area contributed by atoms with E-state index in [1.807, 2.05) is 121 Å². The Morgan fingerprint density at radius 3 is 1.22 bits per heavy atom. The third kappa shape index (κ3) is 5.10. The molecule has 0 spiro atoms. The lowest BCUT2D eigenvalue weighted by molar-refractivity contribution is -0.120. The van der Waals surface area contributed by atoms with Gasteiger partial charge in [-0.05, 0) is 22.3 Å². The molecule has 0 radical (unpaired) electrons. The summed E-state index contributed by atoms with van der Waals surface area (Å²) in [7, 11) is 0. The second kappa shape index (κ2) is 10.2. The molecule has 3 amide bonds. The molecule has 2 N–H and O–H groups in total. The van der Waals surface area contributed by atoms with Gasteiger partial charge in [0.1, 0.15) is 0 Å². The predicted octanol–water partition coefficient (Wildman–Crippen LogP) is 5.43. The third-order valence-electron chi connectivity index (χ3n) is 5.31. The van der Waals surface area contributed by atoms with Crippen LogP contribution < -0.4 is 10.6 Å². The van der Waals surface area contributed by atoms with Crippen LogP contribution in [0.15, 0.2) is 121 Å². The van der Waals surface area contributed by atoms with E-state index in [1.54, 1.807) is 0 Å². The summed E-state index contributed by atoms with van der Waals surface area (Å²) in [6.45, 7) is 0. The molecule has 0 unspecified atom stereocenters. The van der Waals surface area contributed by atoms with Crippen molar-refractivity contribution in [3.8, 4) is 0 Å². The SMILES string of the molecule is O=C(NC(=O)C(c1ccccc1)c1ccccc1)NC(c1ccccc1)c1ccccc1. The summed E-state index contributed by atoms with van der Waals surface area (Å²) >= 11 is 0. The number of hydrogen-bond donors (Lipinski definition) is 2. The number of carbonyl (C=O) groups excluding carboxylic acids is 2. The van der Waals surface area contributed by atoms with Gasteiger partial charge in [-0.2, -0.15) is 0 Å². The van der Waals surface area contributed by atoms with Crippen molar-refractivity contribution >= 4 is 11.9 Å². The highest BCUT2D eigenvalue weighted by molar-refractivity contribution is 5.99. The molecule has 158 valence electrons. The van der Waals surface area contributed by atoms with E-state index in [0.717, 1.165) is 22.3 Å². The van der Waals surface area contributed by atoms with Crippen LogP contribution >= 0.6 is 0 Å². The molecule has 4 heteroatoms. The van der Waals surface area contributed by atoms with Crippen LogP contribution in [0.1, 0.15) is 34.2 Å². The zero-order chi connectivity index (χ0) is 22.2. The van der Waals surface area contributed by atoms with Gasteiger partial charge in [0.2, 0.25) is 5.91 Å². The zero-order valence-corrected chi connectivity index (χ0v) is 17.5. The number of carbonyl (C=O) groups is 2. The first-order valence-corrected chi connectivity index (χ1v) is 10.5. The maximum absolute atomic E-state index is 13.2. The van der Waals surface area contributed by atoms with Crippen molar-refractivity contribution in [1.29, 1.82) is 0 Å². The summed E-state index contributed by atoms with van der Waals surface area (Å²) < 4.78 is 0. The van der Waals surface area contributed by atoms with Crippen LogP contribution in [-0.4, -0.2) is 11.9 Å². The second-order valence-electron chi connectivity index (χ2n) is 7.47. The monoisotopic (exact) mass is 420 g/mol. The molecule has 32 heavy (non-hydrogen) atoms. The quantitative estimate of drug-likeness (QED) is 0.437. The summed E-state index contributed by atoms with van der Waals surface area (Å²) in [5, 5.41) is 5.53. The summed E-state index contributed by atoms with van der Waals surface area (Å²) in [6, 6.07) is 37.4. The van der Waals surface area contributed by atoms with Crippen molar-refractivity contribution < 1.29 is 9.59 Å². The van der Waals surface area contributed by atoms with Gasteiger partial charge in [0.15, 0.2) is 0 Å². The van der Waals surface area contributed by atoms with Crippen molar-refractivity contribution in [2.24, 2.45) is 0 Å². The van der Waals surface area contributed by atoms with Crippen molar-refractivity contribution in [2.45, 2.75) is 12.0 Å². The van der Waals surface area contributed by atoms with Crippen LogP contribution in [0.25, 0.3) is 0 Å².